The Balaban J connectivity index is 1.89. The van der Waals surface area contributed by atoms with Crippen molar-refractivity contribution in [3.8, 4) is 11.4 Å². The highest BCUT2D eigenvalue weighted by Crippen LogP contribution is 2.25. The lowest BCUT2D eigenvalue weighted by Gasteiger charge is -2.18. The molecule has 0 atom stereocenters. The normalized spacial score (nSPS) is 12.7. The molecule has 0 spiro atoms. The summed E-state index contributed by atoms with van der Waals surface area (Å²) in [6.45, 7) is 8.61. The Hall–Kier alpha value is -2.79. The number of H-pyrrole nitrogens is 1. The molecule has 5 heteroatoms. The maximum Gasteiger partial charge on any atom is 0.216 e. The summed E-state index contributed by atoms with van der Waals surface area (Å²) in [7, 11) is 0. The number of aromatic amines is 1. The van der Waals surface area contributed by atoms with E-state index in [1.807, 2.05) is 25.1 Å². The molecule has 0 radical (unpaired) electrons. The van der Waals surface area contributed by atoms with E-state index in [0.29, 0.717) is 10.6 Å². The Bertz CT molecular complexity index is 1020. The maximum absolute atomic E-state index is 5.35. The minimum absolute atomic E-state index is 0.112. The van der Waals surface area contributed by atoms with Gasteiger partial charge < -0.3 is 0 Å². The van der Waals surface area contributed by atoms with Crippen molar-refractivity contribution in [2.24, 2.45) is 5.10 Å². The third-order valence-corrected chi connectivity index (χ3v) is 4.49. The van der Waals surface area contributed by atoms with Gasteiger partial charge in [-0.15, -0.1) is 0 Å². The summed E-state index contributed by atoms with van der Waals surface area (Å²) < 4.78 is 2.12. The van der Waals surface area contributed by atoms with Crippen LogP contribution in [0.5, 0.6) is 0 Å². The first-order valence-corrected chi connectivity index (χ1v) is 9.31. The third-order valence-electron chi connectivity index (χ3n) is 4.23. The number of aromatic nitrogens is 3. The zero-order valence-corrected chi connectivity index (χ0v) is 16.9. The molecule has 3 aromatic rings. The molecule has 138 valence electrons. The van der Waals surface area contributed by atoms with Crippen LogP contribution in [0.15, 0.2) is 65.3 Å². The van der Waals surface area contributed by atoms with Gasteiger partial charge in [0, 0.05) is 5.56 Å². The lowest BCUT2D eigenvalue weighted by Crippen LogP contribution is -2.10. The average molecular weight is 377 g/mol. The zero-order valence-electron chi connectivity index (χ0n) is 16.1. The molecule has 0 fully saturated rings. The second-order valence-electron chi connectivity index (χ2n) is 7.54. The quantitative estimate of drug-likeness (QED) is 0.459. The first-order valence-electron chi connectivity index (χ1n) is 8.90. The van der Waals surface area contributed by atoms with Gasteiger partial charge in [-0.1, -0.05) is 81.4 Å². The molecule has 2 aromatic carbocycles. The molecule has 0 unspecified atom stereocenters. The van der Waals surface area contributed by atoms with Gasteiger partial charge in [0.2, 0.25) is 4.77 Å². The van der Waals surface area contributed by atoms with Gasteiger partial charge in [-0.3, -0.25) is 0 Å². The highest BCUT2D eigenvalue weighted by molar-refractivity contribution is 7.71. The van der Waals surface area contributed by atoms with Crippen molar-refractivity contribution in [3.05, 3.63) is 76.1 Å². The monoisotopic (exact) mass is 376 g/mol. The van der Waals surface area contributed by atoms with E-state index in [2.05, 4.69) is 78.5 Å². The molecule has 0 amide bonds. The Labute approximate surface area is 165 Å². The Morgan fingerprint density at radius 3 is 2.37 bits per heavy atom. The van der Waals surface area contributed by atoms with Crippen molar-refractivity contribution < 1.29 is 0 Å². The Morgan fingerprint density at radius 1 is 1.07 bits per heavy atom. The number of benzene rings is 2. The van der Waals surface area contributed by atoms with Crippen LogP contribution in [0.25, 0.3) is 17.5 Å². The van der Waals surface area contributed by atoms with Crippen LogP contribution in [-0.2, 0) is 5.41 Å². The summed E-state index contributed by atoms with van der Waals surface area (Å²) >= 11 is 5.35. The highest BCUT2D eigenvalue weighted by atomic mass is 32.1. The van der Waals surface area contributed by atoms with Crippen molar-refractivity contribution in [2.45, 2.75) is 33.1 Å². The molecule has 1 N–H and O–H groups in total. The Morgan fingerprint density at radius 2 is 1.74 bits per heavy atom. The standard InChI is InChI=1S/C22H24N4S/c1-16(14-17-8-6-5-7-9-17)15-23-26-20(24-25-21(26)27)18-10-12-19(13-11-18)22(2,3)4/h5-15H,1-4H3,(H,25,27)/b16-14?,23-15-. The van der Waals surface area contributed by atoms with E-state index in [9.17, 15) is 0 Å². The minimum atomic E-state index is 0.112. The van der Waals surface area contributed by atoms with Crippen molar-refractivity contribution in [1.82, 2.24) is 14.9 Å². The lowest BCUT2D eigenvalue weighted by atomic mass is 9.87. The lowest BCUT2D eigenvalue weighted by molar-refractivity contribution is 0.590. The van der Waals surface area contributed by atoms with E-state index in [1.165, 1.54) is 5.56 Å². The van der Waals surface area contributed by atoms with Crippen LogP contribution in [0.3, 0.4) is 0 Å². The average Bonchev–Trinajstić information content (AvgIpc) is 3.01. The largest absolute Gasteiger partial charge is 0.250 e. The molecular weight excluding hydrogens is 352 g/mol. The first kappa shape index (κ1) is 19.0. The summed E-state index contributed by atoms with van der Waals surface area (Å²) in [5.41, 5.74) is 4.52. The Kier molecular flexibility index (Phi) is 5.51. The molecule has 1 aromatic heterocycles. The molecule has 0 aliphatic heterocycles. The van der Waals surface area contributed by atoms with Gasteiger partial charge in [-0.2, -0.15) is 14.9 Å². The van der Waals surface area contributed by atoms with Crippen LogP contribution in [0.1, 0.15) is 38.8 Å². The van der Waals surface area contributed by atoms with Crippen LogP contribution in [0.2, 0.25) is 0 Å². The number of allylic oxidation sites excluding steroid dienone is 1. The second-order valence-corrected chi connectivity index (χ2v) is 7.92. The zero-order chi connectivity index (χ0) is 19.4. The predicted molar refractivity (Wildman–Crippen MR) is 116 cm³/mol. The summed E-state index contributed by atoms with van der Waals surface area (Å²) in [6.07, 6.45) is 3.87. The molecule has 1 heterocycles. The first-order chi connectivity index (χ1) is 12.8. The van der Waals surface area contributed by atoms with Gasteiger partial charge in [0.1, 0.15) is 0 Å². The van der Waals surface area contributed by atoms with Gasteiger partial charge in [0.05, 0.1) is 6.21 Å². The van der Waals surface area contributed by atoms with Crippen LogP contribution < -0.4 is 0 Å². The van der Waals surface area contributed by atoms with Gasteiger partial charge in [-0.05, 0) is 41.3 Å². The third kappa shape index (κ3) is 4.68. The summed E-state index contributed by atoms with van der Waals surface area (Å²) in [5, 5.41) is 11.7. The van der Waals surface area contributed by atoms with E-state index in [4.69, 9.17) is 12.2 Å². The SMILES string of the molecule is CC(=Cc1ccccc1)/C=N\n1c(-c2ccc(C(C)(C)C)cc2)n[nH]c1=S. The molecule has 0 aliphatic rings. The summed E-state index contributed by atoms with van der Waals surface area (Å²) in [5.74, 6) is 0.698. The summed E-state index contributed by atoms with van der Waals surface area (Å²) in [6, 6.07) is 18.5. The second kappa shape index (κ2) is 7.84. The molecule has 0 saturated carbocycles. The number of nitrogens with one attached hydrogen (secondary N) is 1. The number of hydrogen-bond acceptors (Lipinski definition) is 3. The maximum atomic E-state index is 5.35. The minimum Gasteiger partial charge on any atom is -0.250 e. The fourth-order valence-corrected chi connectivity index (χ4v) is 2.88. The van der Waals surface area contributed by atoms with Crippen LogP contribution in [0.4, 0.5) is 0 Å². The van der Waals surface area contributed by atoms with Gasteiger partial charge in [-0.25, -0.2) is 5.10 Å². The number of hydrogen-bond donors (Lipinski definition) is 1. The topological polar surface area (TPSA) is 46.0 Å². The van der Waals surface area contributed by atoms with Gasteiger partial charge >= 0.3 is 0 Å². The molecule has 0 bridgehead atoms. The number of nitrogens with zero attached hydrogens (tertiary/aromatic N) is 3. The molecule has 3 rings (SSSR count). The van der Waals surface area contributed by atoms with Crippen molar-refractivity contribution in [3.63, 3.8) is 0 Å². The van der Waals surface area contributed by atoms with E-state index in [-0.39, 0.29) is 5.41 Å². The van der Waals surface area contributed by atoms with E-state index in [0.717, 1.165) is 16.7 Å². The van der Waals surface area contributed by atoms with Crippen molar-refractivity contribution in [1.29, 1.82) is 0 Å². The fourth-order valence-electron chi connectivity index (χ4n) is 2.70. The summed E-state index contributed by atoms with van der Waals surface area (Å²) in [4.78, 5) is 0. The van der Waals surface area contributed by atoms with Crippen molar-refractivity contribution >= 4 is 24.5 Å². The number of rotatable bonds is 4. The molecule has 27 heavy (non-hydrogen) atoms. The molecule has 0 aliphatic carbocycles. The molecule has 0 saturated heterocycles. The smallest absolute Gasteiger partial charge is 0.216 e. The molecule has 4 nitrogen and oxygen atoms in total. The van der Waals surface area contributed by atoms with Gasteiger partial charge in [0.25, 0.3) is 0 Å². The van der Waals surface area contributed by atoms with E-state index >= 15 is 0 Å². The van der Waals surface area contributed by atoms with Crippen LogP contribution in [0, 0.1) is 4.77 Å². The van der Waals surface area contributed by atoms with Crippen molar-refractivity contribution in [2.75, 3.05) is 0 Å². The predicted octanol–water partition coefficient (Wildman–Crippen LogP) is 5.84. The van der Waals surface area contributed by atoms with Crippen LogP contribution in [-0.4, -0.2) is 21.1 Å². The van der Waals surface area contributed by atoms with Gasteiger partial charge in [0.15, 0.2) is 5.82 Å². The van der Waals surface area contributed by atoms with E-state index in [1.54, 1.807) is 10.9 Å². The van der Waals surface area contributed by atoms with Crippen LogP contribution >= 0.6 is 12.2 Å². The molecular formula is C22H24N4S. The highest BCUT2D eigenvalue weighted by Gasteiger charge is 2.14. The van der Waals surface area contributed by atoms with E-state index < -0.39 is 0 Å². The fraction of sp³-hybridized carbons (Fsp3) is 0.227.